The van der Waals surface area contributed by atoms with E-state index in [1.807, 2.05) is 57.2 Å². The highest BCUT2D eigenvalue weighted by Crippen LogP contribution is 2.11. The summed E-state index contributed by atoms with van der Waals surface area (Å²) < 4.78 is 1.04. The van der Waals surface area contributed by atoms with E-state index < -0.39 is 0 Å². The highest BCUT2D eigenvalue weighted by molar-refractivity contribution is 9.10. The van der Waals surface area contributed by atoms with Crippen molar-refractivity contribution < 1.29 is 9.63 Å². The summed E-state index contributed by atoms with van der Waals surface area (Å²) in [5.41, 5.74) is 1.77. The summed E-state index contributed by atoms with van der Waals surface area (Å²) in [6.45, 7) is 5.54. The molecular formula is C15H19BrN2O2. The minimum absolute atomic E-state index is 0.0678. The summed E-state index contributed by atoms with van der Waals surface area (Å²) in [6.07, 6.45) is 3.77. The number of hydrogen-bond donors (Lipinski definition) is 1. The van der Waals surface area contributed by atoms with Crippen LogP contribution in [0.15, 0.2) is 40.0 Å². The van der Waals surface area contributed by atoms with E-state index in [-0.39, 0.29) is 18.6 Å². The Bertz CT molecular complexity index is 493. The van der Waals surface area contributed by atoms with Gasteiger partial charge in [-0.25, -0.2) is 0 Å². The normalized spacial score (nSPS) is 11.9. The second-order valence-electron chi connectivity index (χ2n) is 4.61. The molecule has 0 aliphatic carbocycles. The maximum absolute atomic E-state index is 11.3. The van der Waals surface area contributed by atoms with Crippen LogP contribution < -0.4 is 5.32 Å². The summed E-state index contributed by atoms with van der Waals surface area (Å²) in [7, 11) is 0. The largest absolute Gasteiger partial charge is 0.385 e. The molecule has 4 nitrogen and oxygen atoms in total. The predicted octanol–water partition coefficient (Wildman–Crippen LogP) is 3.38. The third kappa shape index (κ3) is 7.09. The lowest BCUT2D eigenvalue weighted by molar-refractivity contribution is -0.126. The van der Waals surface area contributed by atoms with E-state index in [4.69, 9.17) is 4.84 Å². The standard InChI is InChI=1S/C15H19BrN2O2/c1-11(2)17-15(19)10-20-18-12(3)4-5-13-6-8-14(16)9-7-13/h4-9,11H,10H2,1-3H3,(H,17,19)/b5-4+,18-12+. The number of carbonyl (C=O) groups excluding carboxylic acids is 1. The molecule has 0 bridgehead atoms. The Morgan fingerprint density at radius 1 is 1.40 bits per heavy atom. The lowest BCUT2D eigenvalue weighted by Crippen LogP contribution is -2.32. The Morgan fingerprint density at radius 2 is 2.05 bits per heavy atom. The first-order chi connectivity index (χ1) is 9.47. The van der Waals surface area contributed by atoms with E-state index in [0.717, 1.165) is 10.0 Å². The van der Waals surface area contributed by atoms with Crippen molar-refractivity contribution in [3.8, 4) is 0 Å². The van der Waals surface area contributed by atoms with Gasteiger partial charge < -0.3 is 10.2 Å². The van der Waals surface area contributed by atoms with Crippen LogP contribution in [0.3, 0.4) is 0 Å². The molecule has 108 valence electrons. The lowest BCUT2D eigenvalue weighted by atomic mass is 10.2. The van der Waals surface area contributed by atoms with Crippen LogP contribution in [0, 0.1) is 0 Å². The van der Waals surface area contributed by atoms with Crippen molar-refractivity contribution in [1.29, 1.82) is 0 Å². The molecule has 0 aliphatic rings. The third-order valence-corrected chi connectivity index (χ3v) is 2.77. The van der Waals surface area contributed by atoms with Crippen molar-refractivity contribution in [2.24, 2.45) is 5.16 Å². The minimum atomic E-state index is -0.173. The van der Waals surface area contributed by atoms with Gasteiger partial charge in [0.2, 0.25) is 0 Å². The zero-order valence-corrected chi connectivity index (χ0v) is 13.5. The Morgan fingerprint density at radius 3 is 2.65 bits per heavy atom. The monoisotopic (exact) mass is 338 g/mol. The van der Waals surface area contributed by atoms with Gasteiger partial charge in [-0.05, 0) is 44.5 Å². The Hall–Kier alpha value is -1.62. The average Bonchev–Trinajstić information content (AvgIpc) is 2.37. The Labute approximate surface area is 128 Å². The highest BCUT2D eigenvalue weighted by Gasteiger charge is 2.02. The van der Waals surface area contributed by atoms with Gasteiger partial charge in [-0.2, -0.15) is 0 Å². The second kappa shape index (κ2) is 8.53. The summed E-state index contributed by atoms with van der Waals surface area (Å²) in [5.74, 6) is -0.173. The van der Waals surface area contributed by atoms with Crippen LogP contribution in [0.1, 0.15) is 26.3 Å². The summed E-state index contributed by atoms with van der Waals surface area (Å²) in [6, 6.07) is 8.03. The van der Waals surface area contributed by atoms with Crippen molar-refractivity contribution in [2.75, 3.05) is 6.61 Å². The first kappa shape index (κ1) is 16.4. The van der Waals surface area contributed by atoms with Crippen LogP contribution in [0.25, 0.3) is 6.08 Å². The first-order valence-electron chi connectivity index (χ1n) is 6.37. The molecule has 0 saturated carbocycles. The zero-order chi connectivity index (χ0) is 15.0. The van der Waals surface area contributed by atoms with E-state index in [9.17, 15) is 4.79 Å². The van der Waals surface area contributed by atoms with E-state index in [2.05, 4.69) is 26.4 Å². The molecule has 0 saturated heterocycles. The number of nitrogens with one attached hydrogen (secondary N) is 1. The summed E-state index contributed by atoms with van der Waals surface area (Å²) in [5, 5.41) is 6.59. The Kier molecular flexibility index (Phi) is 7.01. The first-order valence-corrected chi connectivity index (χ1v) is 7.16. The van der Waals surface area contributed by atoms with Gasteiger partial charge in [-0.15, -0.1) is 0 Å². The van der Waals surface area contributed by atoms with Gasteiger partial charge >= 0.3 is 0 Å². The molecular weight excluding hydrogens is 320 g/mol. The van der Waals surface area contributed by atoms with Gasteiger partial charge in [0, 0.05) is 10.5 Å². The molecule has 0 fully saturated rings. The molecule has 0 atom stereocenters. The average molecular weight is 339 g/mol. The number of carbonyl (C=O) groups is 1. The topological polar surface area (TPSA) is 50.7 Å². The lowest BCUT2D eigenvalue weighted by Gasteiger charge is -2.06. The van der Waals surface area contributed by atoms with E-state index in [1.165, 1.54) is 0 Å². The maximum Gasteiger partial charge on any atom is 0.260 e. The van der Waals surface area contributed by atoms with Gasteiger partial charge in [0.1, 0.15) is 0 Å². The van der Waals surface area contributed by atoms with Gasteiger partial charge in [0.15, 0.2) is 6.61 Å². The highest BCUT2D eigenvalue weighted by atomic mass is 79.9. The number of nitrogens with zero attached hydrogens (tertiary/aromatic N) is 1. The fourth-order valence-electron chi connectivity index (χ4n) is 1.38. The van der Waals surface area contributed by atoms with Gasteiger partial charge in [0.05, 0.1) is 5.71 Å². The van der Waals surface area contributed by atoms with Gasteiger partial charge in [-0.1, -0.05) is 39.3 Å². The molecule has 1 amide bonds. The number of amides is 1. The van der Waals surface area contributed by atoms with Crippen molar-refractivity contribution in [1.82, 2.24) is 5.32 Å². The number of rotatable bonds is 6. The van der Waals surface area contributed by atoms with Gasteiger partial charge in [-0.3, -0.25) is 4.79 Å². The number of oxime groups is 1. The van der Waals surface area contributed by atoms with Crippen LogP contribution in [-0.2, 0) is 9.63 Å². The minimum Gasteiger partial charge on any atom is -0.385 e. The SMILES string of the molecule is CC(/C=C/c1ccc(Br)cc1)=N\OCC(=O)NC(C)C. The Balaban J connectivity index is 2.41. The summed E-state index contributed by atoms with van der Waals surface area (Å²) in [4.78, 5) is 16.3. The number of benzene rings is 1. The molecule has 1 N–H and O–H groups in total. The number of allylic oxidation sites excluding steroid dienone is 1. The van der Waals surface area contributed by atoms with Crippen LogP contribution in [0.5, 0.6) is 0 Å². The van der Waals surface area contributed by atoms with Crippen molar-refractivity contribution >= 4 is 33.6 Å². The molecule has 0 aromatic heterocycles. The van der Waals surface area contributed by atoms with Gasteiger partial charge in [0.25, 0.3) is 5.91 Å². The molecule has 20 heavy (non-hydrogen) atoms. The third-order valence-electron chi connectivity index (χ3n) is 2.24. The molecule has 0 heterocycles. The van der Waals surface area contributed by atoms with Crippen LogP contribution >= 0.6 is 15.9 Å². The molecule has 5 heteroatoms. The van der Waals surface area contributed by atoms with Crippen molar-refractivity contribution in [3.05, 3.63) is 40.4 Å². The molecule has 0 aliphatic heterocycles. The maximum atomic E-state index is 11.3. The molecule has 1 aromatic carbocycles. The fraction of sp³-hybridized carbons (Fsp3) is 0.333. The number of hydrogen-bond acceptors (Lipinski definition) is 3. The molecule has 1 rings (SSSR count). The van der Waals surface area contributed by atoms with E-state index in [0.29, 0.717) is 5.71 Å². The predicted molar refractivity (Wildman–Crippen MR) is 85.5 cm³/mol. The molecule has 1 aromatic rings. The zero-order valence-electron chi connectivity index (χ0n) is 11.9. The smallest absolute Gasteiger partial charge is 0.260 e. The quantitative estimate of drug-likeness (QED) is 0.638. The van der Waals surface area contributed by atoms with E-state index >= 15 is 0 Å². The van der Waals surface area contributed by atoms with Crippen molar-refractivity contribution in [2.45, 2.75) is 26.8 Å². The van der Waals surface area contributed by atoms with E-state index in [1.54, 1.807) is 0 Å². The van der Waals surface area contributed by atoms with Crippen molar-refractivity contribution in [3.63, 3.8) is 0 Å². The summed E-state index contributed by atoms with van der Waals surface area (Å²) >= 11 is 3.38. The fourth-order valence-corrected chi connectivity index (χ4v) is 1.64. The molecule has 0 unspecified atom stereocenters. The van der Waals surface area contributed by atoms with Crippen LogP contribution in [-0.4, -0.2) is 24.3 Å². The van der Waals surface area contributed by atoms with Crippen LogP contribution in [0.4, 0.5) is 0 Å². The second-order valence-corrected chi connectivity index (χ2v) is 5.53. The van der Waals surface area contributed by atoms with Crippen LogP contribution in [0.2, 0.25) is 0 Å². The molecule has 0 spiro atoms. The number of halogens is 1. The molecule has 0 radical (unpaired) electrons.